The summed E-state index contributed by atoms with van der Waals surface area (Å²) < 4.78 is 1.78. The Labute approximate surface area is 111 Å². The Morgan fingerprint density at radius 2 is 1.79 bits per heavy atom. The second-order valence-corrected chi connectivity index (χ2v) is 4.20. The van der Waals surface area contributed by atoms with Crippen molar-refractivity contribution in [1.82, 2.24) is 9.78 Å². The fourth-order valence-electron chi connectivity index (χ4n) is 1.96. The third-order valence-electron chi connectivity index (χ3n) is 2.93. The van der Waals surface area contributed by atoms with E-state index in [1.54, 1.807) is 10.7 Å². The van der Waals surface area contributed by atoms with Crippen LogP contribution in [0.2, 0.25) is 0 Å². The first-order chi connectivity index (χ1) is 9.36. The molecule has 0 bridgehead atoms. The largest absolute Gasteiger partial charge is 0.240 e. The molecule has 3 nitrogen and oxygen atoms in total. The maximum Gasteiger partial charge on any atom is 0.0992 e. The molecule has 19 heavy (non-hydrogen) atoms. The van der Waals surface area contributed by atoms with Gasteiger partial charge < -0.3 is 0 Å². The molecule has 3 rings (SSSR count). The van der Waals surface area contributed by atoms with Gasteiger partial charge in [-0.2, -0.15) is 10.4 Å². The number of nitriles is 1. The maximum atomic E-state index is 8.91. The maximum absolute atomic E-state index is 8.91. The zero-order valence-corrected chi connectivity index (χ0v) is 10.2. The minimum absolute atomic E-state index is 0.634. The van der Waals surface area contributed by atoms with E-state index in [2.05, 4.69) is 11.2 Å². The minimum Gasteiger partial charge on any atom is -0.240 e. The average Bonchev–Trinajstić information content (AvgIpc) is 2.98. The Morgan fingerprint density at radius 3 is 2.58 bits per heavy atom. The Morgan fingerprint density at radius 1 is 0.947 bits per heavy atom. The number of hydrogen-bond acceptors (Lipinski definition) is 2. The highest BCUT2D eigenvalue weighted by Crippen LogP contribution is 2.19. The van der Waals surface area contributed by atoms with Crippen molar-refractivity contribution in [2.45, 2.75) is 0 Å². The van der Waals surface area contributed by atoms with Gasteiger partial charge in [-0.1, -0.05) is 36.4 Å². The second-order valence-electron chi connectivity index (χ2n) is 4.20. The number of benzene rings is 2. The zero-order valence-electron chi connectivity index (χ0n) is 10.2. The first kappa shape index (κ1) is 11.2. The van der Waals surface area contributed by atoms with E-state index in [1.807, 2.05) is 60.9 Å². The highest BCUT2D eigenvalue weighted by atomic mass is 15.3. The van der Waals surface area contributed by atoms with E-state index in [9.17, 15) is 0 Å². The molecule has 0 spiro atoms. The third kappa shape index (κ3) is 2.24. The highest BCUT2D eigenvalue weighted by molar-refractivity contribution is 5.62. The molecule has 1 heterocycles. The van der Waals surface area contributed by atoms with Gasteiger partial charge in [-0.05, 0) is 23.8 Å². The van der Waals surface area contributed by atoms with Gasteiger partial charge in [0.05, 0.1) is 23.5 Å². The molecule has 90 valence electrons. The molecular weight excluding hydrogens is 234 g/mol. The number of hydrogen-bond donors (Lipinski definition) is 0. The first-order valence-electron chi connectivity index (χ1n) is 5.97. The van der Waals surface area contributed by atoms with E-state index in [0.717, 1.165) is 16.8 Å². The normalized spacial score (nSPS) is 10.1. The molecule has 0 amide bonds. The summed E-state index contributed by atoms with van der Waals surface area (Å²) in [5, 5.41) is 13.3. The van der Waals surface area contributed by atoms with E-state index in [4.69, 9.17) is 5.26 Å². The number of nitrogens with zero attached hydrogens (tertiary/aromatic N) is 3. The molecule has 2 aromatic carbocycles. The highest BCUT2D eigenvalue weighted by Gasteiger charge is 2.03. The van der Waals surface area contributed by atoms with Crippen LogP contribution in [0.3, 0.4) is 0 Å². The van der Waals surface area contributed by atoms with Crippen molar-refractivity contribution >= 4 is 0 Å². The fourth-order valence-corrected chi connectivity index (χ4v) is 1.96. The van der Waals surface area contributed by atoms with Gasteiger partial charge in [-0.25, -0.2) is 4.68 Å². The molecule has 1 aromatic heterocycles. The van der Waals surface area contributed by atoms with Crippen molar-refractivity contribution in [2.75, 3.05) is 0 Å². The van der Waals surface area contributed by atoms with Crippen molar-refractivity contribution in [3.63, 3.8) is 0 Å². The monoisotopic (exact) mass is 245 g/mol. The summed E-state index contributed by atoms with van der Waals surface area (Å²) in [4.78, 5) is 0. The Bertz CT molecular complexity index is 736. The molecule has 0 unspecified atom stereocenters. The SMILES string of the molecule is N#Cc1cccc(-n2cc(-c3ccccc3)cn2)c1. The quantitative estimate of drug-likeness (QED) is 0.694. The molecule has 0 saturated carbocycles. The van der Waals surface area contributed by atoms with Crippen LogP contribution in [-0.2, 0) is 0 Å². The van der Waals surface area contributed by atoms with Crippen LogP contribution in [-0.4, -0.2) is 9.78 Å². The lowest BCUT2D eigenvalue weighted by Crippen LogP contribution is -1.94. The van der Waals surface area contributed by atoms with Crippen LogP contribution in [0.25, 0.3) is 16.8 Å². The second kappa shape index (κ2) is 4.79. The van der Waals surface area contributed by atoms with Crippen LogP contribution >= 0.6 is 0 Å². The summed E-state index contributed by atoms with van der Waals surface area (Å²) in [5.74, 6) is 0. The topological polar surface area (TPSA) is 41.6 Å². The lowest BCUT2D eigenvalue weighted by molar-refractivity contribution is 0.880. The molecule has 0 N–H and O–H groups in total. The molecule has 0 aliphatic carbocycles. The van der Waals surface area contributed by atoms with Gasteiger partial charge in [0.15, 0.2) is 0 Å². The van der Waals surface area contributed by atoms with Gasteiger partial charge in [0.1, 0.15) is 0 Å². The summed E-state index contributed by atoms with van der Waals surface area (Å²) in [6.45, 7) is 0. The average molecular weight is 245 g/mol. The standard InChI is InChI=1S/C16H11N3/c17-10-13-5-4-8-16(9-13)19-12-15(11-18-19)14-6-2-1-3-7-14/h1-9,11-12H. The van der Waals surface area contributed by atoms with Crippen LogP contribution in [0.15, 0.2) is 67.0 Å². The summed E-state index contributed by atoms with van der Waals surface area (Å²) in [6, 6.07) is 19.6. The third-order valence-corrected chi connectivity index (χ3v) is 2.93. The van der Waals surface area contributed by atoms with Crippen LogP contribution in [0.5, 0.6) is 0 Å². The summed E-state index contributed by atoms with van der Waals surface area (Å²) in [7, 11) is 0. The summed E-state index contributed by atoms with van der Waals surface area (Å²) >= 11 is 0. The molecule has 0 atom stereocenters. The van der Waals surface area contributed by atoms with Crippen molar-refractivity contribution in [3.05, 3.63) is 72.6 Å². The van der Waals surface area contributed by atoms with Gasteiger partial charge in [0, 0.05) is 11.8 Å². The zero-order chi connectivity index (χ0) is 13.1. The van der Waals surface area contributed by atoms with Crippen molar-refractivity contribution in [1.29, 1.82) is 5.26 Å². The van der Waals surface area contributed by atoms with E-state index in [0.29, 0.717) is 5.56 Å². The molecule has 3 aromatic rings. The van der Waals surface area contributed by atoms with E-state index in [-0.39, 0.29) is 0 Å². The first-order valence-corrected chi connectivity index (χ1v) is 5.97. The fraction of sp³-hybridized carbons (Fsp3) is 0. The predicted octanol–water partition coefficient (Wildman–Crippen LogP) is 3.41. The Hall–Kier alpha value is -2.86. The van der Waals surface area contributed by atoms with Crippen LogP contribution in [0, 0.1) is 11.3 Å². The Balaban J connectivity index is 2.00. The molecule has 0 aliphatic heterocycles. The van der Waals surface area contributed by atoms with Crippen LogP contribution < -0.4 is 0 Å². The summed E-state index contributed by atoms with van der Waals surface area (Å²) in [6.07, 6.45) is 3.79. The van der Waals surface area contributed by atoms with E-state index < -0.39 is 0 Å². The molecule has 0 radical (unpaired) electrons. The van der Waals surface area contributed by atoms with E-state index in [1.165, 1.54) is 0 Å². The van der Waals surface area contributed by atoms with E-state index >= 15 is 0 Å². The van der Waals surface area contributed by atoms with Crippen LogP contribution in [0.4, 0.5) is 0 Å². The molecule has 0 fully saturated rings. The Kier molecular flexibility index (Phi) is 2.83. The van der Waals surface area contributed by atoms with Gasteiger partial charge in [0.25, 0.3) is 0 Å². The number of aromatic nitrogens is 2. The van der Waals surface area contributed by atoms with Crippen molar-refractivity contribution in [3.8, 4) is 22.9 Å². The molecule has 0 saturated heterocycles. The van der Waals surface area contributed by atoms with Gasteiger partial charge in [-0.15, -0.1) is 0 Å². The van der Waals surface area contributed by atoms with Crippen LogP contribution in [0.1, 0.15) is 5.56 Å². The van der Waals surface area contributed by atoms with Gasteiger partial charge in [0.2, 0.25) is 0 Å². The predicted molar refractivity (Wildman–Crippen MR) is 73.7 cm³/mol. The van der Waals surface area contributed by atoms with Crippen molar-refractivity contribution < 1.29 is 0 Å². The minimum atomic E-state index is 0.634. The van der Waals surface area contributed by atoms with Gasteiger partial charge in [-0.3, -0.25) is 0 Å². The molecular formula is C16H11N3. The smallest absolute Gasteiger partial charge is 0.0992 e. The lowest BCUT2D eigenvalue weighted by Gasteiger charge is -2.00. The molecule has 3 heteroatoms. The van der Waals surface area contributed by atoms with Crippen molar-refractivity contribution in [2.24, 2.45) is 0 Å². The molecule has 0 aliphatic rings. The summed E-state index contributed by atoms with van der Waals surface area (Å²) in [5.41, 5.74) is 3.71. The van der Waals surface area contributed by atoms with Gasteiger partial charge >= 0.3 is 0 Å². The number of rotatable bonds is 2. The lowest BCUT2D eigenvalue weighted by atomic mass is 10.1.